The molecule has 3 rings (SSSR count). The van der Waals surface area contributed by atoms with Crippen molar-refractivity contribution in [2.75, 3.05) is 25.0 Å². The van der Waals surface area contributed by atoms with E-state index in [0.29, 0.717) is 18.4 Å². The number of para-hydroxylation sites is 1. The summed E-state index contributed by atoms with van der Waals surface area (Å²) in [5.41, 5.74) is 9.45. The Morgan fingerprint density at radius 2 is 1.80 bits per heavy atom. The Morgan fingerprint density at radius 1 is 1.12 bits per heavy atom. The molecule has 25 heavy (non-hydrogen) atoms. The number of amides is 1. The largest absolute Gasteiger partial charge is 0.330 e. The molecule has 2 aromatic carbocycles. The van der Waals surface area contributed by atoms with Crippen LogP contribution in [0.15, 0.2) is 54.6 Å². The van der Waals surface area contributed by atoms with Crippen LogP contribution in [0.25, 0.3) is 0 Å². The van der Waals surface area contributed by atoms with E-state index in [-0.39, 0.29) is 18.3 Å². The third-order valence-electron chi connectivity index (χ3n) is 4.77. The maximum Gasteiger partial charge on any atom is 0.221 e. The summed E-state index contributed by atoms with van der Waals surface area (Å²) in [6, 6.07) is 18.7. The number of likely N-dealkylation sites (tertiary alicyclic amines) is 1. The van der Waals surface area contributed by atoms with Crippen molar-refractivity contribution in [3.8, 4) is 0 Å². The molecule has 1 aliphatic heterocycles. The van der Waals surface area contributed by atoms with Crippen LogP contribution >= 0.6 is 12.4 Å². The molecule has 0 aromatic heterocycles. The van der Waals surface area contributed by atoms with Gasteiger partial charge in [-0.2, -0.15) is 0 Å². The van der Waals surface area contributed by atoms with Gasteiger partial charge in [-0.05, 0) is 29.7 Å². The van der Waals surface area contributed by atoms with Crippen LogP contribution in [0.1, 0.15) is 24.0 Å². The van der Waals surface area contributed by atoms with Gasteiger partial charge in [-0.1, -0.05) is 48.5 Å². The average molecular weight is 360 g/mol. The van der Waals surface area contributed by atoms with E-state index in [9.17, 15) is 4.79 Å². The smallest absolute Gasteiger partial charge is 0.221 e. The minimum Gasteiger partial charge on any atom is -0.330 e. The van der Waals surface area contributed by atoms with Crippen molar-refractivity contribution in [1.82, 2.24) is 4.90 Å². The normalized spacial score (nSPS) is 20.1. The van der Waals surface area contributed by atoms with Gasteiger partial charge in [0.2, 0.25) is 5.91 Å². The summed E-state index contributed by atoms with van der Waals surface area (Å²) >= 11 is 0. The van der Waals surface area contributed by atoms with Gasteiger partial charge in [-0.25, -0.2) is 0 Å². The molecule has 0 radical (unpaired) electrons. The lowest BCUT2D eigenvalue weighted by molar-refractivity contribution is -0.114. The van der Waals surface area contributed by atoms with E-state index in [1.807, 2.05) is 18.2 Å². The zero-order chi connectivity index (χ0) is 16.9. The van der Waals surface area contributed by atoms with Crippen molar-refractivity contribution in [3.63, 3.8) is 0 Å². The lowest BCUT2D eigenvalue weighted by atomic mass is 9.89. The molecule has 134 valence electrons. The maximum atomic E-state index is 11.4. The molecule has 3 N–H and O–H groups in total. The van der Waals surface area contributed by atoms with Crippen molar-refractivity contribution >= 4 is 24.0 Å². The lowest BCUT2D eigenvalue weighted by Gasteiger charge is -2.18. The molecule has 2 atom stereocenters. The fourth-order valence-electron chi connectivity index (χ4n) is 3.62. The highest BCUT2D eigenvalue weighted by molar-refractivity contribution is 5.89. The van der Waals surface area contributed by atoms with E-state index in [2.05, 4.69) is 46.6 Å². The molecule has 1 amide bonds. The zero-order valence-corrected chi connectivity index (χ0v) is 15.3. The second-order valence-corrected chi connectivity index (χ2v) is 6.55. The summed E-state index contributed by atoms with van der Waals surface area (Å²) in [5.74, 6) is 0.912. The predicted octanol–water partition coefficient (Wildman–Crippen LogP) is 3.24. The number of nitrogens with one attached hydrogen (secondary N) is 1. The van der Waals surface area contributed by atoms with Gasteiger partial charge in [0.05, 0.1) is 0 Å². The molecule has 0 bridgehead atoms. The van der Waals surface area contributed by atoms with Crippen LogP contribution in [0, 0.1) is 5.92 Å². The highest BCUT2D eigenvalue weighted by atomic mass is 35.5. The Kier molecular flexibility index (Phi) is 7.00. The number of carbonyl (C=O) groups excluding carboxylic acids is 1. The van der Waals surface area contributed by atoms with Gasteiger partial charge < -0.3 is 11.1 Å². The fourth-order valence-corrected chi connectivity index (χ4v) is 3.62. The Morgan fingerprint density at radius 3 is 2.48 bits per heavy atom. The first-order chi connectivity index (χ1) is 11.7. The molecular weight excluding hydrogens is 334 g/mol. The van der Waals surface area contributed by atoms with E-state index in [1.165, 1.54) is 5.56 Å². The number of anilines is 1. The quantitative estimate of drug-likeness (QED) is 0.861. The lowest BCUT2D eigenvalue weighted by Crippen LogP contribution is -2.23. The van der Waals surface area contributed by atoms with Crippen LogP contribution in [-0.4, -0.2) is 30.4 Å². The van der Waals surface area contributed by atoms with Crippen molar-refractivity contribution in [2.24, 2.45) is 11.7 Å². The summed E-state index contributed by atoms with van der Waals surface area (Å²) in [6.07, 6.45) is 0. The molecule has 0 spiro atoms. The third kappa shape index (κ3) is 4.82. The van der Waals surface area contributed by atoms with Crippen LogP contribution in [0.2, 0.25) is 0 Å². The van der Waals surface area contributed by atoms with Crippen LogP contribution in [0.3, 0.4) is 0 Å². The summed E-state index contributed by atoms with van der Waals surface area (Å²) in [4.78, 5) is 13.8. The van der Waals surface area contributed by atoms with Gasteiger partial charge >= 0.3 is 0 Å². The van der Waals surface area contributed by atoms with E-state index < -0.39 is 0 Å². The van der Waals surface area contributed by atoms with Crippen LogP contribution in [-0.2, 0) is 11.3 Å². The van der Waals surface area contributed by atoms with Crippen LogP contribution in [0.5, 0.6) is 0 Å². The maximum absolute atomic E-state index is 11.4. The Hall–Kier alpha value is -1.88. The summed E-state index contributed by atoms with van der Waals surface area (Å²) in [7, 11) is 0. The monoisotopic (exact) mass is 359 g/mol. The highest BCUT2D eigenvalue weighted by Gasteiger charge is 2.32. The van der Waals surface area contributed by atoms with Crippen molar-refractivity contribution in [2.45, 2.75) is 19.4 Å². The third-order valence-corrected chi connectivity index (χ3v) is 4.77. The number of benzene rings is 2. The summed E-state index contributed by atoms with van der Waals surface area (Å²) < 4.78 is 0. The molecule has 1 saturated heterocycles. The molecule has 1 fully saturated rings. The van der Waals surface area contributed by atoms with E-state index in [4.69, 9.17) is 5.73 Å². The van der Waals surface area contributed by atoms with Gasteiger partial charge in [-0.3, -0.25) is 9.69 Å². The van der Waals surface area contributed by atoms with Gasteiger partial charge in [0, 0.05) is 38.2 Å². The standard InChI is InChI=1S/C20H25N3O.ClH/c1-15(24)22-20-10-6-5-9-17(20)12-23-13-18(11-21)19(14-23)16-7-3-2-4-8-16;/h2-10,18-19H,11-14,21H2,1H3,(H,22,24);1H/t18-,19+;/m1./s1. The number of hydrogen-bond donors (Lipinski definition) is 2. The number of nitrogens with zero attached hydrogens (tertiary/aromatic N) is 1. The van der Waals surface area contributed by atoms with Gasteiger partial charge in [0.15, 0.2) is 0 Å². The molecule has 0 saturated carbocycles. The van der Waals surface area contributed by atoms with E-state index >= 15 is 0 Å². The molecule has 0 aliphatic carbocycles. The molecule has 4 nitrogen and oxygen atoms in total. The summed E-state index contributed by atoms with van der Waals surface area (Å²) in [6.45, 7) is 5.06. The fraction of sp³-hybridized carbons (Fsp3) is 0.350. The number of rotatable bonds is 5. The van der Waals surface area contributed by atoms with Crippen molar-refractivity contribution in [1.29, 1.82) is 0 Å². The Balaban J connectivity index is 0.00000225. The minimum absolute atomic E-state index is 0. The SMILES string of the molecule is CC(=O)Nc1ccccc1CN1C[C@@H](CN)[C@H](c2ccccc2)C1.Cl. The molecule has 1 heterocycles. The summed E-state index contributed by atoms with van der Waals surface area (Å²) in [5, 5.41) is 2.93. The Labute approximate surface area is 155 Å². The van der Waals surface area contributed by atoms with Crippen LogP contribution < -0.4 is 11.1 Å². The van der Waals surface area contributed by atoms with E-state index in [1.54, 1.807) is 6.92 Å². The topological polar surface area (TPSA) is 58.4 Å². The minimum atomic E-state index is -0.0362. The van der Waals surface area contributed by atoms with Crippen molar-refractivity contribution in [3.05, 3.63) is 65.7 Å². The van der Waals surface area contributed by atoms with Gasteiger partial charge in [0.1, 0.15) is 0 Å². The predicted molar refractivity (Wildman–Crippen MR) is 105 cm³/mol. The van der Waals surface area contributed by atoms with Crippen LogP contribution in [0.4, 0.5) is 5.69 Å². The van der Waals surface area contributed by atoms with Gasteiger partial charge in [0.25, 0.3) is 0 Å². The second-order valence-electron chi connectivity index (χ2n) is 6.55. The Bertz CT molecular complexity index is 692. The first kappa shape index (κ1) is 19.4. The van der Waals surface area contributed by atoms with Crippen molar-refractivity contribution < 1.29 is 4.79 Å². The van der Waals surface area contributed by atoms with Gasteiger partial charge in [-0.15, -0.1) is 12.4 Å². The molecule has 2 aromatic rings. The molecule has 1 aliphatic rings. The number of hydrogen-bond acceptors (Lipinski definition) is 3. The molecule has 5 heteroatoms. The number of carbonyl (C=O) groups is 1. The zero-order valence-electron chi connectivity index (χ0n) is 14.5. The second kappa shape index (κ2) is 8.99. The first-order valence-electron chi connectivity index (χ1n) is 8.50. The van der Waals surface area contributed by atoms with E-state index in [0.717, 1.165) is 30.9 Å². The average Bonchev–Trinajstić information content (AvgIpc) is 3.00. The molecule has 0 unspecified atom stereocenters. The molecular formula is C20H26ClN3O. The first-order valence-corrected chi connectivity index (χ1v) is 8.50. The number of nitrogens with two attached hydrogens (primary N) is 1. The highest BCUT2D eigenvalue weighted by Crippen LogP contribution is 2.33. The number of halogens is 1.